The number of methoxy groups -OCH3 is 1. The van der Waals surface area contributed by atoms with Crippen LogP contribution in [-0.2, 0) is 9.53 Å². The molecule has 1 atom stereocenters. The average molecular weight is 238 g/mol. The number of hydrogen-bond donors (Lipinski definition) is 0. The molecule has 0 aromatic heterocycles. The van der Waals surface area contributed by atoms with Gasteiger partial charge in [-0.15, -0.1) is 0 Å². The minimum Gasteiger partial charge on any atom is -0.468 e. The first kappa shape index (κ1) is 11.0. The molecule has 3 rings (SSSR count). The molecule has 1 unspecified atom stereocenters. The molecular weight excluding hydrogens is 224 g/mol. The van der Waals surface area contributed by atoms with E-state index in [1.807, 2.05) is 25.1 Å². The molecule has 0 fully saturated rings. The average Bonchev–Trinajstić information content (AvgIpc) is 2.71. The van der Waals surface area contributed by atoms with Crippen molar-refractivity contribution in [1.29, 1.82) is 0 Å². The SMILES string of the molecule is COC(=O)C1c2ccccc2-c2ccc(C)cc21. The maximum atomic E-state index is 12.0. The molecule has 0 saturated heterocycles. The molecule has 90 valence electrons. The topological polar surface area (TPSA) is 26.3 Å². The highest BCUT2D eigenvalue weighted by atomic mass is 16.5. The zero-order valence-electron chi connectivity index (χ0n) is 10.4. The van der Waals surface area contributed by atoms with Crippen molar-refractivity contribution in [3.8, 4) is 11.1 Å². The Balaban J connectivity index is 2.28. The molecule has 1 aliphatic carbocycles. The molecule has 0 heterocycles. The molecule has 0 amide bonds. The molecule has 2 aromatic carbocycles. The second-order valence-electron chi connectivity index (χ2n) is 4.63. The van der Waals surface area contributed by atoms with Crippen molar-refractivity contribution < 1.29 is 9.53 Å². The number of aryl methyl sites for hydroxylation is 1. The van der Waals surface area contributed by atoms with E-state index in [-0.39, 0.29) is 11.9 Å². The van der Waals surface area contributed by atoms with Crippen LogP contribution in [0.5, 0.6) is 0 Å². The highest BCUT2D eigenvalue weighted by molar-refractivity contribution is 5.93. The van der Waals surface area contributed by atoms with Gasteiger partial charge in [0.05, 0.1) is 7.11 Å². The van der Waals surface area contributed by atoms with Gasteiger partial charge in [0.2, 0.25) is 0 Å². The third-order valence-corrected chi connectivity index (χ3v) is 3.52. The van der Waals surface area contributed by atoms with E-state index >= 15 is 0 Å². The Kier molecular flexibility index (Phi) is 2.44. The van der Waals surface area contributed by atoms with Gasteiger partial charge in [0.15, 0.2) is 0 Å². The summed E-state index contributed by atoms with van der Waals surface area (Å²) in [7, 11) is 1.44. The summed E-state index contributed by atoms with van der Waals surface area (Å²) in [6, 6.07) is 14.3. The maximum absolute atomic E-state index is 12.0. The van der Waals surface area contributed by atoms with Gasteiger partial charge in [0.1, 0.15) is 5.92 Å². The fourth-order valence-corrected chi connectivity index (χ4v) is 2.70. The predicted molar refractivity (Wildman–Crippen MR) is 70.5 cm³/mol. The van der Waals surface area contributed by atoms with Gasteiger partial charge < -0.3 is 4.74 Å². The van der Waals surface area contributed by atoms with Crippen molar-refractivity contribution in [2.24, 2.45) is 0 Å². The largest absolute Gasteiger partial charge is 0.468 e. The maximum Gasteiger partial charge on any atom is 0.317 e. The fraction of sp³-hybridized carbons (Fsp3) is 0.188. The Labute approximate surface area is 106 Å². The number of ether oxygens (including phenoxy) is 1. The van der Waals surface area contributed by atoms with Gasteiger partial charge in [-0.2, -0.15) is 0 Å². The molecule has 18 heavy (non-hydrogen) atoms. The number of esters is 1. The van der Waals surface area contributed by atoms with Crippen LogP contribution in [0, 0.1) is 6.92 Å². The van der Waals surface area contributed by atoms with Gasteiger partial charge in [0.25, 0.3) is 0 Å². The fourth-order valence-electron chi connectivity index (χ4n) is 2.70. The minimum absolute atomic E-state index is 0.188. The van der Waals surface area contributed by atoms with Gasteiger partial charge in [-0.25, -0.2) is 0 Å². The number of benzene rings is 2. The molecule has 0 N–H and O–H groups in total. The minimum atomic E-state index is -0.277. The van der Waals surface area contributed by atoms with E-state index in [1.165, 1.54) is 7.11 Å². The number of fused-ring (bicyclic) bond motifs is 3. The van der Waals surface area contributed by atoms with Gasteiger partial charge in [0, 0.05) is 0 Å². The van der Waals surface area contributed by atoms with Crippen molar-refractivity contribution in [3.05, 3.63) is 59.2 Å². The van der Waals surface area contributed by atoms with E-state index in [2.05, 4.69) is 24.3 Å². The summed E-state index contributed by atoms with van der Waals surface area (Å²) in [6.45, 7) is 2.04. The Hall–Kier alpha value is -2.09. The van der Waals surface area contributed by atoms with Crippen LogP contribution < -0.4 is 0 Å². The highest BCUT2D eigenvalue weighted by Crippen LogP contribution is 2.45. The standard InChI is InChI=1S/C16H14O2/c1-10-7-8-12-11-5-3-4-6-13(11)15(14(12)9-10)16(17)18-2/h3-9,15H,1-2H3. The first-order valence-electron chi connectivity index (χ1n) is 6.00. The summed E-state index contributed by atoms with van der Waals surface area (Å²) in [6.07, 6.45) is 0. The Morgan fingerprint density at radius 2 is 1.78 bits per heavy atom. The molecular formula is C16H14O2. The lowest BCUT2D eigenvalue weighted by atomic mass is 9.96. The van der Waals surface area contributed by atoms with Gasteiger partial charge in [-0.3, -0.25) is 4.79 Å². The van der Waals surface area contributed by atoms with Crippen molar-refractivity contribution >= 4 is 5.97 Å². The molecule has 0 aliphatic heterocycles. The normalized spacial score (nSPS) is 16.0. The van der Waals surface area contributed by atoms with Gasteiger partial charge in [-0.1, -0.05) is 48.0 Å². The molecule has 2 nitrogen and oxygen atoms in total. The van der Waals surface area contributed by atoms with E-state index < -0.39 is 0 Å². The lowest BCUT2D eigenvalue weighted by molar-refractivity contribution is -0.141. The number of carbonyl (C=O) groups is 1. The van der Waals surface area contributed by atoms with E-state index in [0.717, 1.165) is 27.8 Å². The van der Waals surface area contributed by atoms with Crippen LogP contribution in [0.15, 0.2) is 42.5 Å². The van der Waals surface area contributed by atoms with Crippen LogP contribution in [0.3, 0.4) is 0 Å². The Bertz CT molecular complexity index is 629. The molecule has 0 saturated carbocycles. The molecule has 0 spiro atoms. The lowest BCUT2D eigenvalue weighted by Gasteiger charge is -2.11. The second kappa shape index (κ2) is 3.98. The highest BCUT2D eigenvalue weighted by Gasteiger charge is 2.34. The summed E-state index contributed by atoms with van der Waals surface area (Å²) in [5.74, 6) is -0.465. The van der Waals surface area contributed by atoms with Crippen molar-refractivity contribution in [2.45, 2.75) is 12.8 Å². The van der Waals surface area contributed by atoms with E-state index in [0.29, 0.717) is 0 Å². The Morgan fingerprint density at radius 1 is 1.06 bits per heavy atom. The predicted octanol–water partition coefficient (Wildman–Crippen LogP) is 3.28. The third-order valence-electron chi connectivity index (χ3n) is 3.52. The smallest absolute Gasteiger partial charge is 0.317 e. The zero-order chi connectivity index (χ0) is 12.7. The molecule has 0 bridgehead atoms. The van der Waals surface area contributed by atoms with Crippen LogP contribution >= 0.6 is 0 Å². The first-order chi connectivity index (χ1) is 8.72. The summed E-state index contributed by atoms with van der Waals surface area (Å²) >= 11 is 0. The molecule has 2 heteroatoms. The molecule has 1 aliphatic rings. The van der Waals surface area contributed by atoms with Crippen LogP contribution in [0.2, 0.25) is 0 Å². The third kappa shape index (κ3) is 1.46. The summed E-state index contributed by atoms with van der Waals surface area (Å²) in [5.41, 5.74) is 5.55. The summed E-state index contributed by atoms with van der Waals surface area (Å²) in [5, 5.41) is 0. The summed E-state index contributed by atoms with van der Waals surface area (Å²) < 4.78 is 4.95. The van der Waals surface area contributed by atoms with Crippen molar-refractivity contribution in [2.75, 3.05) is 7.11 Å². The second-order valence-corrected chi connectivity index (χ2v) is 4.63. The molecule has 0 radical (unpaired) electrons. The molecule has 2 aromatic rings. The van der Waals surface area contributed by atoms with Crippen LogP contribution in [0.4, 0.5) is 0 Å². The quantitative estimate of drug-likeness (QED) is 0.713. The Morgan fingerprint density at radius 3 is 2.56 bits per heavy atom. The number of carbonyl (C=O) groups excluding carboxylic acids is 1. The van der Waals surface area contributed by atoms with Gasteiger partial charge >= 0.3 is 5.97 Å². The van der Waals surface area contributed by atoms with Crippen LogP contribution in [0.1, 0.15) is 22.6 Å². The monoisotopic (exact) mass is 238 g/mol. The summed E-state index contributed by atoms with van der Waals surface area (Å²) in [4.78, 5) is 12.0. The first-order valence-corrected chi connectivity index (χ1v) is 6.00. The number of rotatable bonds is 1. The van der Waals surface area contributed by atoms with Crippen molar-refractivity contribution in [1.82, 2.24) is 0 Å². The van der Waals surface area contributed by atoms with E-state index in [9.17, 15) is 4.79 Å². The van der Waals surface area contributed by atoms with E-state index in [4.69, 9.17) is 4.74 Å². The van der Waals surface area contributed by atoms with Crippen LogP contribution in [0.25, 0.3) is 11.1 Å². The van der Waals surface area contributed by atoms with Crippen LogP contribution in [-0.4, -0.2) is 13.1 Å². The van der Waals surface area contributed by atoms with Crippen molar-refractivity contribution in [3.63, 3.8) is 0 Å². The lowest BCUT2D eigenvalue weighted by Crippen LogP contribution is -2.13. The zero-order valence-corrected chi connectivity index (χ0v) is 10.4. The van der Waals surface area contributed by atoms with E-state index in [1.54, 1.807) is 0 Å². The number of hydrogen-bond acceptors (Lipinski definition) is 2. The van der Waals surface area contributed by atoms with Gasteiger partial charge in [-0.05, 0) is 29.2 Å².